The number of carbonyl (C=O) groups excluding carboxylic acids is 1. The van der Waals surface area contributed by atoms with Crippen LogP contribution in [-0.2, 0) is 21.2 Å². The Labute approximate surface area is 132 Å². The molecule has 1 atom stereocenters. The minimum Gasteiger partial charge on any atom is -0.355 e. The van der Waals surface area contributed by atoms with Gasteiger partial charge in [-0.1, -0.05) is 38.5 Å². The number of sulfonamides is 1. The van der Waals surface area contributed by atoms with Gasteiger partial charge in [-0.2, -0.15) is 0 Å². The lowest BCUT2D eigenvalue weighted by molar-refractivity contribution is -0.124. The summed E-state index contributed by atoms with van der Waals surface area (Å²) in [5, 5.41) is 2.73. The second-order valence-corrected chi connectivity index (χ2v) is 7.76. The van der Waals surface area contributed by atoms with E-state index in [2.05, 4.69) is 5.32 Å². The molecule has 0 aliphatic carbocycles. The zero-order valence-electron chi connectivity index (χ0n) is 13.2. The third-order valence-electron chi connectivity index (χ3n) is 4.01. The van der Waals surface area contributed by atoms with E-state index < -0.39 is 10.0 Å². The molecule has 0 bridgehead atoms. The van der Waals surface area contributed by atoms with Gasteiger partial charge in [0.25, 0.3) is 0 Å². The van der Waals surface area contributed by atoms with Crippen LogP contribution in [0.25, 0.3) is 0 Å². The number of para-hydroxylation sites is 1. The number of rotatable bonds is 7. The van der Waals surface area contributed by atoms with Crippen LogP contribution >= 0.6 is 0 Å². The van der Waals surface area contributed by atoms with Crippen molar-refractivity contribution in [2.45, 2.75) is 33.1 Å². The van der Waals surface area contributed by atoms with Crippen LogP contribution in [0.4, 0.5) is 5.69 Å². The number of benzene rings is 1. The van der Waals surface area contributed by atoms with Gasteiger partial charge in [-0.15, -0.1) is 0 Å². The van der Waals surface area contributed by atoms with Crippen molar-refractivity contribution < 1.29 is 13.2 Å². The molecule has 1 aliphatic rings. The fraction of sp³-hybridized carbons (Fsp3) is 0.562. The van der Waals surface area contributed by atoms with Crippen LogP contribution in [0.3, 0.4) is 0 Å². The Kier molecular flexibility index (Phi) is 5.45. The molecule has 22 heavy (non-hydrogen) atoms. The molecule has 2 rings (SSSR count). The molecule has 1 unspecified atom stereocenters. The Morgan fingerprint density at radius 2 is 2.09 bits per heavy atom. The summed E-state index contributed by atoms with van der Waals surface area (Å²) in [6, 6.07) is 7.56. The van der Waals surface area contributed by atoms with E-state index >= 15 is 0 Å². The highest BCUT2D eigenvalue weighted by atomic mass is 32.2. The molecule has 1 heterocycles. The molecular weight excluding hydrogens is 300 g/mol. The van der Waals surface area contributed by atoms with Gasteiger partial charge >= 0.3 is 0 Å². The third kappa shape index (κ3) is 3.80. The highest BCUT2D eigenvalue weighted by Gasteiger charge is 2.28. The lowest BCUT2D eigenvalue weighted by atomic mass is 10.1. The molecule has 0 aromatic heterocycles. The van der Waals surface area contributed by atoms with Gasteiger partial charge in [0, 0.05) is 19.0 Å². The highest BCUT2D eigenvalue weighted by molar-refractivity contribution is 7.92. The third-order valence-corrected chi connectivity index (χ3v) is 5.78. The highest BCUT2D eigenvalue weighted by Crippen LogP contribution is 2.29. The Bertz CT molecular complexity index is 628. The van der Waals surface area contributed by atoms with Crippen molar-refractivity contribution in [1.82, 2.24) is 5.32 Å². The summed E-state index contributed by atoms with van der Waals surface area (Å²) >= 11 is 0. The standard InChI is InChI=1S/C16H24N2O3S/c1-3-6-13(2)16(19)17-10-12-22(20,21)18-11-9-14-7-4-5-8-15(14)18/h4-5,7-8,13H,3,6,9-12H2,1-2H3,(H,17,19). The van der Waals surface area contributed by atoms with Crippen molar-refractivity contribution in [2.24, 2.45) is 5.92 Å². The molecule has 1 N–H and O–H groups in total. The smallest absolute Gasteiger partial charge is 0.236 e. The quantitative estimate of drug-likeness (QED) is 0.833. The summed E-state index contributed by atoms with van der Waals surface area (Å²) in [6.45, 7) is 4.54. The number of hydrogen-bond donors (Lipinski definition) is 1. The van der Waals surface area contributed by atoms with Crippen molar-refractivity contribution >= 4 is 21.6 Å². The fourth-order valence-electron chi connectivity index (χ4n) is 2.75. The van der Waals surface area contributed by atoms with Crippen LogP contribution in [0.5, 0.6) is 0 Å². The van der Waals surface area contributed by atoms with Gasteiger partial charge in [-0.25, -0.2) is 8.42 Å². The van der Waals surface area contributed by atoms with Gasteiger partial charge in [-0.05, 0) is 24.5 Å². The van der Waals surface area contributed by atoms with Gasteiger partial charge in [0.1, 0.15) is 0 Å². The number of anilines is 1. The minimum atomic E-state index is -3.39. The van der Waals surface area contributed by atoms with Crippen molar-refractivity contribution in [2.75, 3.05) is 23.1 Å². The van der Waals surface area contributed by atoms with Gasteiger partial charge in [0.15, 0.2) is 0 Å². The predicted molar refractivity (Wildman–Crippen MR) is 88.4 cm³/mol. The number of nitrogens with zero attached hydrogens (tertiary/aromatic N) is 1. The van der Waals surface area contributed by atoms with E-state index in [-0.39, 0.29) is 24.1 Å². The van der Waals surface area contributed by atoms with E-state index in [0.717, 1.165) is 30.5 Å². The van der Waals surface area contributed by atoms with Crippen LogP contribution in [0.2, 0.25) is 0 Å². The summed E-state index contributed by atoms with van der Waals surface area (Å²) in [7, 11) is -3.39. The zero-order chi connectivity index (χ0) is 16.2. The summed E-state index contributed by atoms with van der Waals surface area (Å²) in [5.41, 5.74) is 1.83. The number of amides is 1. The first-order valence-corrected chi connectivity index (χ1v) is 9.42. The normalized spacial score (nSPS) is 15.5. The van der Waals surface area contributed by atoms with Crippen LogP contribution in [0.15, 0.2) is 24.3 Å². The summed E-state index contributed by atoms with van der Waals surface area (Å²) < 4.78 is 26.4. The second kappa shape index (κ2) is 7.13. The van der Waals surface area contributed by atoms with E-state index in [1.54, 1.807) is 0 Å². The Morgan fingerprint density at radius 1 is 1.36 bits per heavy atom. The van der Waals surface area contributed by atoms with Crippen molar-refractivity contribution in [1.29, 1.82) is 0 Å². The number of nitrogens with one attached hydrogen (secondary N) is 1. The fourth-order valence-corrected chi connectivity index (χ4v) is 4.18. The van der Waals surface area contributed by atoms with Crippen LogP contribution < -0.4 is 9.62 Å². The maximum atomic E-state index is 12.4. The zero-order valence-corrected chi connectivity index (χ0v) is 14.0. The average Bonchev–Trinajstić information content (AvgIpc) is 2.92. The number of carbonyl (C=O) groups is 1. The van der Waals surface area contributed by atoms with Gasteiger partial charge in [0.2, 0.25) is 15.9 Å². The molecular formula is C16H24N2O3S. The summed E-state index contributed by atoms with van der Waals surface area (Å²) in [6.07, 6.45) is 2.50. The van der Waals surface area contributed by atoms with E-state index in [0.29, 0.717) is 6.54 Å². The minimum absolute atomic E-state index is 0.0636. The Balaban J connectivity index is 1.92. The molecule has 0 saturated heterocycles. The first-order valence-electron chi connectivity index (χ1n) is 7.81. The lowest BCUT2D eigenvalue weighted by Crippen LogP contribution is -2.38. The lowest BCUT2D eigenvalue weighted by Gasteiger charge is -2.20. The number of fused-ring (bicyclic) bond motifs is 1. The topological polar surface area (TPSA) is 66.5 Å². The first kappa shape index (κ1) is 16.8. The molecule has 0 spiro atoms. The van der Waals surface area contributed by atoms with E-state index in [4.69, 9.17) is 0 Å². The molecule has 0 fully saturated rings. The number of hydrogen-bond acceptors (Lipinski definition) is 3. The molecule has 6 heteroatoms. The average molecular weight is 324 g/mol. The van der Waals surface area contributed by atoms with Crippen LogP contribution in [0.1, 0.15) is 32.3 Å². The molecule has 1 amide bonds. The molecule has 122 valence electrons. The van der Waals surface area contributed by atoms with Crippen molar-refractivity contribution in [3.8, 4) is 0 Å². The molecule has 1 aromatic rings. The molecule has 0 saturated carbocycles. The van der Waals surface area contributed by atoms with E-state index in [9.17, 15) is 13.2 Å². The van der Waals surface area contributed by atoms with Gasteiger partial charge < -0.3 is 5.32 Å². The molecule has 0 radical (unpaired) electrons. The largest absolute Gasteiger partial charge is 0.355 e. The van der Waals surface area contributed by atoms with Crippen LogP contribution in [0, 0.1) is 5.92 Å². The van der Waals surface area contributed by atoms with Crippen molar-refractivity contribution in [3.05, 3.63) is 29.8 Å². The van der Waals surface area contributed by atoms with Gasteiger partial charge in [0.05, 0.1) is 11.4 Å². The summed E-state index contributed by atoms with van der Waals surface area (Å²) in [4.78, 5) is 11.8. The Morgan fingerprint density at radius 3 is 2.82 bits per heavy atom. The van der Waals surface area contributed by atoms with Crippen LogP contribution in [-0.4, -0.2) is 33.2 Å². The van der Waals surface area contributed by atoms with Crippen molar-refractivity contribution in [3.63, 3.8) is 0 Å². The van der Waals surface area contributed by atoms with E-state index in [1.165, 1.54) is 4.31 Å². The van der Waals surface area contributed by atoms with Gasteiger partial charge in [-0.3, -0.25) is 9.10 Å². The maximum Gasteiger partial charge on any atom is 0.236 e. The maximum absolute atomic E-state index is 12.4. The Hall–Kier alpha value is -1.56. The van der Waals surface area contributed by atoms with E-state index in [1.807, 2.05) is 38.1 Å². The SMILES string of the molecule is CCCC(C)C(=O)NCCS(=O)(=O)N1CCc2ccccc21. The first-order chi connectivity index (χ1) is 10.5. The predicted octanol–water partition coefficient (Wildman–Crippen LogP) is 1.93. The second-order valence-electron chi connectivity index (χ2n) is 5.75. The molecule has 5 nitrogen and oxygen atoms in total. The summed E-state index contributed by atoms with van der Waals surface area (Å²) in [5.74, 6) is -0.203. The molecule has 1 aliphatic heterocycles. The monoisotopic (exact) mass is 324 g/mol. The molecule has 1 aromatic carbocycles.